The summed E-state index contributed by atoms with van der Waals surface area (Å²) < 4.78 is 26.4. The topological polar surface area (TPSA) is 58.2 Å². The van der Waals surface area contributed by atoms with Crippen LogP contribution in [0.1, 0.15) is 13.8 Å². The molecule has 0 aromatic heterocycles. The number of benzene rings is 1. The van der Waals surface area contributed by atoms with E-state index in [0.29, 0.717) is 10.7 Å². The Kier molecular flexibility index (Phi) is 2.86. The van der Waals surface area contributed by atoms with E-state index in [1.54, 1.807) is 12.1 Å². The Morgan fingerprint density at radius 1 is 1.38 bits per heavy atom. The molecule has 0 aliphatic carbocycles. The summed E-state index contributed by atoms with van der Waals surface area (Å²) in [6.45, 7) is 3.89. The normalized spacial score (nSPS) is 22.6. The molecule has 0 spiro atoms. The molecule has 0 bridgehead atoms. The maximum Gasteiger partial charge on any atom is 0.244 e. The largest absolute Gasteiger partial charge is 0.368 e. The number of hydrogen-bond acceptors (Lipinski definition) is 3. The van der Waals surface area contributed by atoms with E-state index in [4.69, 9.17) is 11.6 Å². The minimum absolute atomic E-state index is 0.165. The Hall–Kier alpha value is -0.780. The van der Waals surface area contributed by atoms with E-state index in [9.17, 15) is 8.42 Å². The zero-order valence-corrected chi connectivity index (χ0v) is 10.6. The monoisotopic (exact) mass is 260 g/mol. The molecule has 1 aliphatic rings. The smallest absolute Gasteiger partial charge is 0.244 e. The van der Waals surface area contributed by atoms with E-state index in [1.165, 1.54) is 6.07 Å². The second kappa shape index (κ2) is 3.91. The van der Waals surface area contributed by atoms with Gasteiger partial charge in [-0.25, -0.2) is 8.42 Å². The molecule has 2 rings (SSSR count). The van der Waals surface area contributed by atoms with Gasteiger partial charge in [0.05, 0.1) is 11.9 Å². The van der Waals surface area contributed by atoms with Gasteiger partial charge in [-0.2, -0.15) is 4.72 Å². The highest BCUT2D eigenvalue weighted by atomic mass is 35.5. The van der Waals surface area contributed by atoms with Gasteiger partial charge < -0.3 is 5.32 Å². The fraction of sp³-hybridized carbons (Fsp3) is 0.400. The number of nitrogens with one attached hydrogen (secondary N) is 2. The fourth-order valence-electron chi connectivity index (χ4n) is 1.57. The lowest BCUT2D eigenvalue weighted by molar-refractivity contribution is 0.477. The second-order valence-corrected chi connectivity index (χ2v) is 6.25. The molecule has 1 unspecified atom stereocenters. The first kappa shape index (κ1) is 11.7. The van der Waals surface area contributed by atoms with E-state index in [2.05, 4.69) is 10.0 Å². The lowest BCUT2D eigenvalue weighted by Gasteiger charge is -2.30. The summed E-state index contributed by atoms with van der Waals surface area (Å²) in [5.41, 5.74) is 0.599. The molecule has 0 saturated heterocycles. The maximum absolute atomic E-state index is 11.9. The molecule has 0 fully saturated rings. The molecule has 2 N–H and O–H groups in total. The summed E-state index contributed by atoms with van der Waals surface area (Å²) in [5.74, 6) is 0.165. The fourth-order valence-corrected chi connectivity index (χ4v) is 3.30. The Morgan fingerprint density at radius 3 is 2.69 bits per heavy atom. The van der Waals surface area contributed by atoms with Crippen LogP contribution in [-0.2, 0) is 10.0 Å². The highest BCUT2D eigenvalue weighted by molar-refractivity contribution is 7.89. The van der Waals surface area contributed by atoms with Gasteiger partial charge in [0.25, 0.3) is 0 Å². The molecule has 1 atom stereocenters. The van der Waals surface area contributed by atoms with E-state index >= 15 is 0 Å². The molecule has 0 amide bonds. The number of anilines is 1. The second-order valence-electron chi connectivity index (χ2n) is 4.13. The number of hydrogen-bond donors (Lipinski definition) is 2. The lowest BCUT2D eigenvalue weighted by atomic mass is 10.1. The average Bonchev–Trinajstić information content (AvgIpc) is 2.18. The van der Waals surface area contributed by atoms with Crippen LogP contribution in [0.4, 0.5) is 5.69 Å². The van der Waals surface area contributed by atoms with Crippen LogP contribution in [0.5, 0.6) is 0 Å². The van der Waals surface area contributed by atoms with E-state index < -0.39 is 10.0 Å². The number of sulfonamides is 1. The number of fused-ring (bicyclic) bond motifs is 1. The summed E-state index contributed by atoms with van der Waals surface area (Å²) in [5, 5.41) is 3.54. The molecule has 1 aromatic rings. The van der Waals surface area contributed by atoms with Gasteiger partial charge in [-0.3, -0.25) is 0 Å². The van der Waals surface area contributed by atoms with Crippen molar-refractivity contribution < 1.29 is 8.42 Å². The van der Waals surface area contributed by atoms with Gasteiger partial charge in [0.1, 0.15) is 4.90 Å². The van der Waals surface area contributed by atoms with Gasteiger partial charge in [0.15, 0.2) is 0 Å². The first-order valence-electron chi connectivity index (χ1n) is 4.98. The molecule has 1 heterocycles. The number of rotatable bonds is 1. The lowest BCUT2D eigenvalue weighted by Crippen LogP contribution is -2.47. The zero-order valence-electron chi connectivity index (χ0n) is 8.99. The SMILES string of the molecule is CC(C)C1Nc2ccc(Cl)cc2S(=O)(=O)N1. The van der Waals surface area contributed by atoms with Crippen LogP contribution in [-0.4, -0.2) is 14.6 Å². The quantitative estimate of drug-likeness (QED) is 0.812. The summed E-state index contributed by atoms with van der Waals surface area (Å²) >= 11 is 5.78. The standard InChI is InChI=1S/C10H13ClN2O2S/c1-6(2)10-12-8-4-3-7(11)5-9(8)16(14,15)13-10/h3-6,10,12-13H,1-2H3. The van der Waals surface area contributed by atoms with Crippen LogP contribution in [0.2, 0.25) is 5.02 Å². The molecule has 1 aliphatic heterocycles. The Bertz CT molecular complexity index is 514. The molecular weight excluding hydrogens is 248 g/mol. The molecule has 0 saturated carbocycles. The van der Waals surface area contributed by atoms with Gasteiger partial charge in [-0.05, 0) is 24.1 Å². The third kappa shape index (κ3) is 2.03. The van der Waals surface area contributed by atoms with Gasteiger partial charge in [0, 0.05) is 5.02 Å². The molecular formula is C10H13ClN2O2S. The third-order valence-corrected chi connectivity index (χ3v) is 4.21. The summed E-state index contributed by atoms with van der Waals surface area (Å²) in [6, 6.07) is 4.81. The minimum Gasteiger partial charge on any atom is -0.368 e. The maximum atomic E-state index is 11.9. The van der Waals surface area contributed by atoms with E-state index in [-0.39, 0.29) is 17.0 Å². The van der Waals surface area contributed by atoms with Crippen LogP contribution >= 0.6 is 11.6 Å². The zero-order chi connectivity index (χ0) is 11.9. The Balaban J connectivity index is 2.52. The van der Waals surface area contributed by atoms with Gasteiger partial charge in [-0.15, -0.1) is 0 Å². The first-order chi connectivity index (χ1) is 7.40. The third-order valence-electron chi connectivity index (χ3n) is 2.49. The van der Waals surface area contributed by atoms with Crippen molar-refractivity contribution in [3.8, 4) is 0 Å². The molecule has 88 valence electrons. The molecule has 16 heavy (non-hydrogen) atoms. The van der Waals surface area contributed by atoms with Crippen LogP contribution < -0.4 is 10.0 Å². The summed E-state index contributed by atoms with van der Waals surface area (Å²) in [4.78, 5) is 0.205. The molecule has 4 nitrogen and oxygen atoms in total. The molecule has 0 radical (unpaired) electrons. The van der Waals surface area contributed by atoms with Crippen molar-refractivity contribution >= 4 is 27.3 Å². The summed E-state index contributed by atoms with van der Waals surface area (Å²) in [6.07, 6.45) is -0.279. The van der Waals surface area contributed by atoms with Gasteiger partial charge >= 0.3 is 0 Å². The van der Waals surface area contributed by atoms with Crippen molar-refractivity contribution in [3.05, 3.63) is 23.2 Å². The Morgan fingerprint density at radius 2 is 2.06 bits per heavy atom. The van der Waals surface area contributed by atoms with Crippen molar-refractivity contribution in [2.45, 2.75) is 24.9 Å². The predicted molar refractivity (Wildman–Crippen MR) is 64.0 cm³/mol. The first-order valence-corrected chi connectivity index (χ1v) is 6.85. The predicted octanol–water partition coefficient (Wildman–Crippen LogP) is 2.03. The van der Waals surface area contributed by atoms with Crippen molar-refractivity contribution in [1.82, 2.24) is 4.72 Å². The van der Waals surface area contributed by atoms with E-state index in [0.717, 1.165) is 0 Å². The van der Waals surface area contributed by atoms with Crippen molar-refractivity contribution in [1.29, 1.82) is 0 Å². The van der Waals surface area contributed by atoms with Gasteiger partial charge in [0.2, 0.25) is 10.0 Å². The van der Waals surface area contributed by atoms with E-state index in [1.807, 2.05) is 13.8 Å². The number of halogens is 1. The van der Waals surface area contributed by atoms with Crippen molar-refractivity contribution in [3.63, 3.8) is 0 Å². The van der Waals surface area contributed by atoms with Crippen LogP contribution in [0.15, 0.2) is 23.1 Å². The van der Waals surface area contributed by atoms with Crippen molar-refractivity contribution in [2.75, 3.05) is 5.32 Å². The highest BCUT2D eigenvalue weighted by Gasteiger charge is 2.30. The van der Waals surface area contributed by atoms with Crippen LogP contribution in [0, 0.1) is 5.92 Å². The average molecular weight is 261 g/mol. The van der Waals surface area contributed by atoms with Gasteiger partial charge in [-0.1, -0.05) is 25.4 Å². The van der Waals surface area contributed by atoms with Crippen molar-refractivity contribution in [2.24, 2.45) is 5.92 Å². The molecule has 6 heteroatoms. The highest BCUT2D eigenvalue weighted by Crippen LogP contribution is 2.29. The van der Waals surface area contributed by atoms with Crippen LogP contribution in [0.3, 0.4) is 0 Å². The Labute approximate surface area is 100 Å². The summed E-state index contributed by atoms with van der Waals surface area (Å²) in [7, 11) is -3.46. The molecule has 1 aromatic carbocycles. The van der Waals surface area contributed by atoms with Crippen LogP contribution in [0.25, 0.3) is 0 Å². The minimum atomic E-state index is -3.46.